The molecule has 0 aromatic heterocycles. The van der Waals surface area contributed by atoms with Gasteiger partial charge in [0, 0.05) is 23.0 Å². The van der Waals surface area contributed by atoms with E-state index in [2.05, 4.69) is 40.3 Å². The molecule has 5 heteroatoms. The average molecular weight is 376 g/mol. The number of hydrogen-bond acceptors (Lipinski definition) is 2. The van der Waals surface area contributed by atoms with E-state index < -0.39 is 0 Å². The lowest BCUT2D eigenvalue weighted by Gasteiger charge is -2.21. The number of amides is 1. The lowest BCUT2D eigenvalue weighted by Crippen LogP contribution is -2.44. The van der Waals surface area contributed by atoms with Crippen LogP contribution in [-0.2, 0) is 11.2 Å². The van der Waals surface area contributed by atoms with Crippen LogP contribution in [0.1, 0.15) is 31.7 Å². The summed E-state index contributed by atoms with van der Waals surface area (Å²) in [4.78, 5) is 12.4. The number of nitrogens with one attached hydrogen (secondary N) is 1. The van der Waals surface area contributed by atoms with Crippen LogP contribution in [0.3, 0.4) is 0 Å². The monoisotopic (exact) mass is 374 g/mol. The van der Waals surface area contributed by atoms with Gasteiger partial charge in [0.1, 0.15) is 0 Å². The van der Waals surface area contributed by atoms with Crippen LogP contribution in [0.25, 0.3) is 0 Å². The van der Waals surface area contributed by atoms with Crippen molar-refractivity contribution in [1.82, 2.24) is 5.32 Å². The summed E-state index contributed by atoms with van der Waals surface area (Å²) in [5.74, 6) is 0.777. The van der Waals surface area contributed by atoms with E-state index in [0.29, 0.717) is 12.5 Å². The Kier molecular flexibility index (Phi) is 7.71. The van der Waals surface area contributed by atoms with Crippen molar-refractivity contribution in [3.63, 3.8) is 0 Å². The number of carbonyl (C=O) groups is 1. The molecular weight excluding hydrogens is 352 g/mol. The normalized spacial score (nSPS) is 16.7. The first kappa shape index (κ1) is 18.5. The molecular formula is C16H24BrClN2O. The second-order valence-electron chi connectivity index (χ2n) is 5.63. The van der Waals surface area contributed by atoms with Crippen LogP contribution in [-0.4, -0.2) is 18.5 Å². The summed E-state index contributed by atoms with van der Waals surface area (Å²) in [5, 5.41) is 3.14. The first-order valence-corrected chi connectivity index (χ1v) is 8.18. The Morgan fingerprint density at radius 1 is 1.48 bits per heavy atom. The molecule has 2 rings (SSSR count). The maximum Gasteiger partial charge on any atom is 0.223 e. The van der Waals surface area contributed by atoms with Gasteiger partial charge in [-0.15, -0.1) is 12.4 Å². The van der Waals surface area contributed by atoms with Crippen LogP contribution in [0.2, 0.25) is 0 Å². The predicted molar refractivity (Wildman–Crippen MR) is 92.6 cm³/mol. The van der Waals surface area contributed by atoms with Crippen molar-refractivity contribution in [2.75, 3.05) is 6.54 Å². The van der Waals surface area contributed by atoms with E-state index in [0.717, 1.165) is 17.3 Å². The summed E-state index contributed by atoms with van der Waals surface area (Å²) in [6.07, 6.45) is 4.03. The second-order valence-corrected chi connectivity index (χ2v) is 6.54. The third-order valence-electron chi connectivity index (χ3n) is 4.01. The summed E-state index contributed by atoms with van der Waals surface area (Å²) < 4.78 is 1.06. The molecule has 1 aromatic carbocycles. The molecule has 0 spiro atoms. The maximum absolute atomic E-state index is 12.4. The Bertz CT molecular complexity index is 465. The van der Waals surface area contributed by atoms with Gasteiger partial charge in [0.2, 0.25) is 5.91 Å². The van der Waals surface area contributed by atoms with Crippen molar-refractivity contribution in [3.05, 3.63) is 34.3 Å². The molecule has 1 aliphatic rings. The highest BCUT2D eigenvalue weighted by molar-refractivity contribution is 9.10. The topological polar surface area (TPSA) is 55.1 Å². The number of nitrogens with two attached hydrogens (primary N) is 1. The minimum atomic E-state index is 0. The highest BCUT2D eigenvalue weighted by atomic mass is 79.9. The van der Waals surface area contributed by atoms with Gasteiger partial charge in [0.05, 0.1) is 0 Å². The number of carbonyl (C=O) groups excluding carboxylic acids is 1. The van der Waals surface area contributed by atoms with Crippen LogP contribution in [0.5, 0.6) is 0 Å². The third kappa shape index (κ3) is 5.61. The predicted octanol–water partition coefficient (Wildman–Crippen LogP) is 3.29. The van der Waals surface area contributed by atoms with E-state index in [-0.39, 0.29) is 30.3 Å². The van der Waals surface area contributed by atoms with Gasteiger partial charge in [-0.2, -0.15) is 0 Å². The van der Waals surface area contributed by atoms with Gasteiger partial charge in [-0.05, 0) is 49.3 Å². The van der Waals surface area contributed by atoms with Crippen molar-refractivity contribution < 1.29 is 4.79 Å². The summed E-state index contributed by atoms with van der Waals surface area (Å²) in [6.45, 7) is 2.61. The van der Waals surface area contributed by atoms with E-state index in [1.54, 1.807) is 0 Å². The third-order valence-corrected chi connectivity index (χ3v) is 4.50. The average Bonchev–Trinajstić information content (AvgIpc) is 3.26. The molecule has 1 fully saturated rings. The first-order valence-electron chi connectivity index (χ1n) is 7.39. The minimum absolute atomic E-state index is 0. The molecule has 1 amide bonds. The molecule has 0 radical (unpaired) electrons. The number of halogens is 2. The van der Waals surface area contributed by atoms with Gasteiger partial charge in [0.15, 0.2) is 0 Å². The molecule has 0 aliphatic heterocycles. The van der Waals surface area contributed by atoms with E-state index in [1.165, 1.54) is 18.4 Å². The van der Waals surface area contributed by atoms with Crippen molar-refractivity contribution in [2.45, 2.75) is 38.6 Å². The maximum atomic E-state index is 12.4. The van der Waals surface area contributed by atoms with Crippen LogP contribution in [0.4, 0.5) is 0 Å². The highest BCUT2D eigenvalue weighted by Gasteiger charge is 2.32. The molecule has 2 unspecified atom stereocenters. The number of rotatable bonds is 7. The van der Waals surface area contributed by atoms with Crippen LogP contribution in [0.15, 0.2) is 28.7 Å². The fraction of sp³-hybridized carbons (Fsp3) is 0.562. The summed E-state index contributed by atoms with van der Waals surface area (Å²) in [6, 6.07) is 8.33. The fourth-order valence-corrected chi connectivity index (χ4v) is 2.99. The largest absolute Gasteiger partial charge is 0.352 e. The first-order chi connectivity index (χ1) is 9.63. The van der Waals surface area contributed by atoms with Gasteiger partial charge < -0.3 is 11.1 Å². The lowest BCUT2D eigenvalue weighted by atomic mass is 9.95. The molecule has 0 saturated heterocycles. The van der Waals surface area contributed by atoms with Gasteiger partial charge >= 0.3 is 0 Å². The summed E-state index contributed by atoms with van der Waals surface area (Å²) >= 11 is 3.47. The Balaban J connectivity index is 0.00000220. The summed E-state index contributed by atoms with van der Waals surface area (Å²) in [7, 11) is 0. The molecule has 21 heavy (non-hydrogen) atoms. The van der Waals surface area contributed by atoms with E-state index in [4.69, 9.17) is 5.73 Å². The van der Waals surface area contributed by atoms with Crippen LogP contribution < -0.4 is 11.1 Å². The highest BCUT2D eigenvalue weighted by Crippen LogP contribution is 2.32. The van der Waals surface area contributed by atoms with Crippen molar-refractivity contribution in [2.24, 2.45) is 17.6 Å². The van der Waals surface area contributed by atoms with Crippen LogP contribution >= 0.6 is 28.3 Å². The zero-order valence-electron chi connectivity index (χ0n) is 12.3. The van der Waals surface area contributed by atoms with Crippen molar-refractivity contribution in [3.8, 4) is 0 Å². The van der Waals surface area contributed by atoms with Gasteiger partial charge in [0.25, 0.3) is 0 Å². The minimum Gasteiger partial charge on any atom is -0.352 e. The zero-order valence-corrected chi connectivity index (χ0v) is 14.8. The van der Waals surface area contributed by atoms with E-state index >= 15 is 0 Å². The molecule has 0 bridgehead atoms. The molecule has 2 atom stereocenters. The smallest absolute Gasteiger partial charge is 0.223 e. The number of benzene rings is 1. The Hall–Kier alpha value is -0.580. The van der Waals surface area contributed by atoms with Gasteiger partial charge in [-0.25, -0.2) is 0 Å². The van der Waals surface area contributed by atoms with Gasteiger partial charge in [-0.3, -0.25) is 4.79 Å². The quantitative estimate of drug-likeness (QED) is 0.768. The number of hydrogen-bond donors (Lipinski definition) is 2. The fourth-order valence-electron chi connectivity index (χ4n) is 2.54. The molecule has 3 nitrogen and oxygen atoms in total. The molecule has 0 heterocycles. The molecule has 1 aromatic rings. The Morgan fingerprint density at radius 3 is 2.71 bits per heavy atom. The summed E-state index contributed by atoms with van der Waals surface area (Å²) in [5.41, 5.74) is 6.95. The molecule has 3 N–H and O–H groups in total. The van der Waals surface area contributed by atoms with E-state index in [1.807, 2.05) is 12.1 Å². The zero-order chi connectivity index (χ0) is 14.5. The molecule has 1 saturated carbocycles. The SMILES string of the molecule is CCC(Cc1cccc(Br)c1)C(=O)NC(CN)C1CC1.Cl. The molecule has 118 valence electrons. The standard InChI is InChI=1S/C16H23BrN2O.ClH/c1-2-12(8-11-4-3-5-14(17)9-11)16(20)19-15(10-18)13-6-7-13;/h3-5,9,12-13,15H,2,6-8,10,18H2,1H3,(H,19,20);1H. The second kappa shape index (κ2) is 8.76. The van der Waals surface area contributed by atoms with Crippen LogP contribution in [0, 0.1) is 11.8 Å². The van der Waals surface area contributed by atoms with E-state index in [9.17, 15) is 4.79 Å². The van der Waals surface area contributed by atoms with Gasteiger partial charge in [-0.1, -0.05) is 35.0 Å². The molecule has 1 aliphatic carbocycles. The van der Waals surface area contributed by atoms with Crippen molar-refractivity contribution >= 4 is 34.2 Å². The van der Waals surface area contributed by atoms with Crippen molar-refractivity contribution in [1.29, 1.82) is 0 Å². The lowest BCUT2D eigenvalue weighted by molar-refractivity contribution is -0.125. The Morgan fingerprint density at radius 2 is 2.19 bits per heavy atom. The Labute approximate surface area is 141 Å².